The smallest absolute Gasteiger partial charge is 0.289 e. The molecule has 0 saturated heterocycles. The minimum Gasteiger partial charge on any atom is -0.324 e. The van der Waals surface area contributed by atoms with Gasteiger partial charge in [-0.15, -0.1) is 0 Å². The lowest BCUT2D eigenvalue weighted by molar-refractivity contribution is -0.387. The molecule has 0 unspecified atom stereocenters. The lowest BCUT2D eigenvalue weighted by atomic mass is 10.3. The fourth-order valence-corrected chi connectivity index (χ4v) is 3.39. The van der Waals surface area contributed by atoms with Crippen LogP contribution in [-0.4, -0.2) is 31.9 Å². The number of nitro groups is 1. The summed E-state index contributed by atoms with van der Waals surface area (Å²) in [6.07, 6.45) is 3.51. The number of sulfonamides is 1. The zero-order chi connectivity index (χ0) is 15.9. The molecule has 1 rings (SSSR count). The SMILES string of the molecule is CSCCCCNS(=O)(=O)c1cc(NN)ccc1[N+](=O)[O-]. The molecule has 0 fully saturated rings. The molecule has 0 aliphatic rings. The molecule has 0 atom stereocenters. The van der Waals surface area contributed by atoms with Crippen LogP contribution in [0.1, 0.15) is 12.8 Å². The standard InChI is InChI=1S/C11H18N4O4S2/c1-20-7-3-2-6-13-21(18,19)11-8-9(14-12)4-5-10(11)15(16)17/h4-5,8,13-14H,2-3,6-7,12H2,1H3. The van der Waals surface area contributed by atoms with Crippen molar-refractivity contribution in [3.8, 4) is 0 Å². The Morgan fingerprint density at radius 2 is 2.10 bits per heavy atom. The van der Waals surface area contributed by atoms with Gasteiger partial charge >= 0.3 is 0 Å². The summed E-state index contributed by atoms with van der Waals surface area (Å²) < 4.78 is 26.7. The molecule has 10 heteroatoms. The predicted molar refractivity (Wildman–Crippen MR) is 83.7 cm³/mol. The first-order chi connectivity index (χ1) is 9.92. The Kier molecular flexibility index (Phi) is 6.89. The average Bonchev–Trinajstić information content (AvgIpc) is 2.46. The number of nitrogens with two attached hydrogens (primary N) is 1. The largest absolute Gasteiger partial charge is 0.324 e. The Morgan fingerprint density at radius 1 is 1.38 bits per heavy atom. The van der Waals surface area contributed by atoms with Crippen LogP contribution in [-0.2, 0) is 10.0 Å². The van der Waals surface area contributed by atoms with Crippen molar-refractivity contribution >= 4 is 33.2 Å². The highest BCUT2D eigenvalue weighted by Gasteiger charge is 2.25. The predicted octanol–water partition coefficient (Wildman–Crippen LogP) is 1.30. The van der Waals surface area contributed by atoms with Gasteiger partial charge in [0.15, 0.2) is 4.90 Å². The highest BCUT2D eigenvalue weighted by atomic mass is 32.2. The molecular formula is C11H18N4O4S2. The molecule has 0 radical (unpaired) electrons. The van der Waals surface area contributed by atoms with Crippen molar-refractivity contribution in [2.24, 2.45) is 5.84 Å². The van der Waals surface area contributed by atoms with Crippen LogP contribution in [0.2, 0.25) is 0 Å². The maximum atomic E-state index is 12.2. The van der Waals surface area contributed by atoms with Gasteiger partial charge in [0.2, 0.25) is 10.0 Å². The molecule has 118 valence electrons. The lowest BCUT2D eigenvalue weighted by Gasteiger charge is -2.09. The van der Waals surface area contributed by atoms with Gasteiger partial charge in [-0.25, -0.2) is 13.1 Å². The van der Waals surface area contributed by atoms with E-state index in [9.17, 15) is 18.5 Å². The number of anilines is 1. The lowest BCUT2D eigenvalue weighted by Crippen LogP contribution is -2.26. The van der Waals surface area contributed by atoms with Crippen molar-refractivity contribution in [1.29, 1.82) is 0 Å². The topological polar surface area (TPSA) is 127 Å². The highest BCUT2D eigenvalue weighted by Crippen LogP contribution is 2.26. The fourth-order valence-electron chi connectivity index (χ4n) is 1.63. The first-order valence-electron chi connectivity index (χ1n) is 6.16. The van der Waals surface area contributed by atoms with Gasteiger partial charge in [-0.1, -0.05) is 0 Å². The van der Waals surface area contributed by atoms with Crippen molar-refractivity contribution in [1.82, 2.24) is 4.72 Å². The number of unbranched alkanes of at least 4 members (excludes halogenated alkanes) is 1. The number of rotatable bonds is 9. The number of nitro benzene ring substituents is 1. The molecule has 0 saturated carbocycles. The molecule has 0 spiro atoms. The average molecular weight is 334 g/mol. The quantitative estimate of drug-likeness (QED) is 0.269. The summed E-state index contributed by atoms with van der Waals surface area (Å²) >= 11 is 1.68. The Morgan fingerprint density at radius 3 is 2.67 bits per heavy atom. The molecule has 0 aromatic heterocycles. The third kappa shape index (κ3) is 5.16. The van der Waals surface area contributed by atoms with Crippen molar-refractivity contribution in [2.75, 3.05) is 24.0 Å². The highest BCUT2D eigenvalue weighted by molar-refractivity contribution is 7.98. The van der Waals surface area contributed by atoms with Crippen LogP contribution < -0.4 is 16.0 Å². The van der Waals surface area contributed by atoms with Gasteiger partial charge in [-0.3, -0.25) is 16.0 Å². The molecular weight excluding hydrogens is 316 g/mol. The van der Waals surface area contributed by atoms with Crippen LogP contribution in [0.5, 0.6) is 0 Å². The maximum Gasteiger partial charge on any atom is 0.289 e. The first-order valence-corrected chi connectivity index (χ1v) is 9.03. The molecule has 0 bridgehead atoms. The van der Waals surface area contributed by atoms with Crippen LogP contribution in [0, 0.1) is 10.1 Å². The summed E-state index contributed by atoms with van der Waals surface area (Å²) in [5, 5.41) is 10.9. The monoisotopic (exact) mass is 334 g/mol. The van der Waals surface area contributed by atoms with E-state index in [0.717, 1.165) is 24.3 Å². The van der Waals surface area contributed by atoms with E-state index in [4.69, 9.17) is 5.84 Å². The molecule has 0 aliphatic heterocycles. The van der Waals surface area contributed by atoms with Crippen LogP contribution in [0.25, 0.3) is 0 Å². The van der Waals surface area contributed by atoms with Gasteiger partial charge in [0.1, 0.15) is 0 Å². The van der Waals surface area contributed by atoms with Gasteiger partial charge in [-0.05, 0) is 37.0 Å². The normalized spacial score (nSPS) is 11.3. The molecule has 1 aromatic carbocycles. The summed E-state index contributed by atoms with van der Waals surface area (Å²) in [7, 11) is -3.95. The summed E-state index contributed by atoms with van der Waals surface area (Å²) in [6.45, 7) is 0.236. The Labute approximate surface area is 127 Å². The van der Waals surface area contributed by atoms with Crippen molar-refractivity contribution < 1.29 is 13.3 Å². The van der Waals surface area contributed by atoms with E-state index >= 15 is 0 Å². The zero-order valence-corrected chi connectivity index (χ0v) is 13.2. The van der Waals surface area contributed by atoms with Gasteiger partial charge in [0, 0.05) is 12.6 Å². The third-order valence-electron chi connectivity index (χ3n) is 2.68. The second kappa shape index (κ2) is 8.17. The Hall–Kier alpha value is -1.36. The molecule has 0 heterocycles. The van der Waals surface area contributed by atoms with Gasteiger partial charge in [0.25, 0.3) is 5.69 Å². The van der Waals surface area contributed by atoms with E-state index in [-0.39, 0.29) is 12.2 Å². The second-order valence-corrected chi connectivity index (χ2v) is 6.90. The van der Waals surface area contributed by atoms with E-state index in [1.165, 1.54) is 6.07 Å². The van der Waals surface area contributed by atoms with E-state index in [1.807, 2.05) is 6.26 Å². The number of hydrogen-bond donors (Lipinski definition) is 3. The molecule has 21 heavy (non-hydrogen) atoms. The number of nitrogen functional groups attached to an aromatic ring is 1. The van der Waals surface area contributed by atoms with E-state index in [1.54, 1.807) is 11.8 Å². The molecule has 1 aromatic rings. The Bertz CT molecular complexity index is 592. The minimum atomic E-state index is -3.95. The molecule has 0 aliphatic carbocycles. The zero-order valence-electron chi connectivity index (χ0n) is 11.5. The molecule has 4 N–H and O–H groups in total. The number of hydrogen-bond acceptors (Lipinski definition) is 7. The van der Waals surface area contributed by atoms with Crippen molar-refractivity contribution in [3.05, 3.63) is 28.3 Å². The maximum absolute atomic E-state index is 12.2. The van der Waals surface area contributed by atoms with E-state index in [0.29, 0.717) is 6.42 Å². The van der Waals surface area contributed by atoms with Crippen LogP contribution >= 0.6 is 11.8 Å². The Balaban J connectivity index is 2.92. The molecule has 0 amide bonds. The summed E-state index contributed by atoms with van der Waals surface area (Å²) in [5.74, 6) is 6.14. The van der Waals surface area contributed by atoms with Crippen molar-refractivity contribution in [3.63, 3.8) is 0 Å². The van der Waals surface area contributed by atoms with Crippen molar-refractivity contribution in [2.45, 2.75) is 17.7 Å². The number of nitrogens with one attached hydrogen (secondary N) is 2. The number of thioether (sulfide) groups is 1. The van der Waals surface area contributed by atoms with Crippen LogP contribution in [0.4, 0.5) is 11.4 Å². The summed E-state index contributed by atoms with van der Waals surface area (Å²) in [5.41, 5.74) is 2.07. The van der Waals surface area contributed by atoms with Crippen LogP contribution in [0.3, 0.4) is 0 Å². The van der Waals surface area contributed by atoms with Gasteiger partial charge < -0.3 is 5.43 Å². The number of hydrazine groups is 1. The van der Waals surface area contributed by atoms with E-state index < -0.39 is 25.5 Å². The first kappa shape index (κ1) is 17.7. The van der Waals surface area contributed by atoms with Crippen LogP contribution in [0.15, 0.2) is 23.1 Å². The fraction of sp³-hybridized carbons (Fsp3) is 0.455. The summed E-state index contributed by atoms with van der Waals surface area (Å²) in [4.78, 5) is 9.81. The third-order valence-corrected chi connectivity index (χ3v) is 4.87. The number of benzene rings is 1. The van der Waals surface area contributed by atoms with Gasteiger partial charge in [0.05, 0.1) is 10.6 Å². The number of nitrogens with zero attached hydrogens (tertiary/aromatic N) is 1. The summed E-state index contributed by atoms with van der Waals surface area (Å²) in [6, 6.07) is 3.59. The minimum absolute atomic E-state index is 0.236. The van der Waals surface area contributed by atoms with E-state index in [2.05, 4.69) is 10.1 Å². The van der Waals surface area contributed by atoms with Gasteiger partial charge in [-0.2, -0.15) is 11.8 Å². The molecule has 8 nitrogen and oxygen atoms in total. The second-order valence-electron chi connectivity index (χ2n) is 4.18.